The molecule has 0 fully saturated rings. The first-order valence-corrected chi connectivity index (χ1v) is 5.90. The quantitative estimate of drug-likeness (QED) is 0.716. The average Bonchev–Trinajstić information content (AvgIpc) is 2.91. The van der Waals surface area contributed by atoms with Crippen LogP contribution in [0.15, 0.2) is 42.5 Å². The van der Waals surface area contributed by atoms with Gasteiger partial charge in [-0.1, -0.05) is 23.8 Å². The number of fused-ring (bicyclic) bond motifs is 3. The first-order valence-electron chi connectivity index (χ1n) is 5.90. The van der Waals surface area contributed by atoms with Crippen LogP contribution < -0.4 is 15.3 Å². The minimum Gasteiger partial charge on any atom is -0.670 e. The van der Waals surface area contributed by atoms with Crippen LogP contribution in [0.5, 0.6) is 5.75 Å². The van der Waals surface area contributed by atoms with Gasteiger partial charge in [-0.2, -0.15) is 0 Å². The van der Waals surface area contributed by atoms with E-state index in [-0.39, 0.29) is 5.82 Å². The molecule has 18 heavy (non-hydrogen) atoms. The Hall–Kier alpha value is -2.01. The molecule has 2 aliphatic rings. The summed E-state index contributed by atoms with van der Waals surface area (Å²) in [7, 11) is 0. The van der Waals surface area contributed by atoms with Gasteiger partial charge in [0, 0.05) is 12.3 Å². The lowest BCUT2D eigenvalue weighted by molar-refractivity contribution is 0.265. The first-order chi connectivity index (χ1) is 8.77. The maximum atomic E-state index is 13.2. The Kier molecular flexibility index (Phi) is 1.81. The lowest BCUT2D eigenvalue weighted by Crippen LogP contribution is -2.57. The highest BCUT2D eigenvalue weighted by molar-refractivity contribution is 6.86. The molecule has 0 saturated carbocycles. The molecule has 2 aromatic carbocycles. The van der Waals surface area contributed by atoms with E-state index in [0.29, 0.717) is 6.61 Å². The number of hydrogen-bond acceptors (Lipinski definition) is 3. The van der Waals surface area contributed by atoms with E-state index in [9.17, 15) is 4.39 Å². The van der Waals surface area contributed by atoms with Crippen molar-refractivity contribution >= 4 is 17.8 Å². The molecule has 5 heteroatoms. The van der Waals surface area contributed by atoms with Crippen LogP contribution in [-0.4, -0.2) is 6.69 Å². The predicted octanol–water partition coefficient (Wildman–Crippen LogP) is 2.01. The normalized spacial score (nSPS) is 23.4. The summed E-state index contributed by atoms with van der Waals surface area (Å²) in [6.45, 7) is -1.36. The largest absolute Gasteiger partial charge is 0.670 e. The number of anilines is 1. The lowest BCUT2D eigenvalue weighted by Gasteiger charge is -2.32. The summed E-state index contributed by atoms with van der Waals surface area (Å²) in [6.07, 6.45) is 0. The van der Waals surface area contributed by atoms with Gasteiger partial charge < -0.3 is 14.5 Å². The Morgan fingerprint density at radius 3 is 2.94 bits per heavy atom. The monoisotopic (exact) mass is 242 g/mol. The van der Waals surface area contributed by atoms with Crippen LogP contribution in [0.4, 0.5) is 10.1 Å². The zero-order valence-electron chi connectivity index (χ0n) is 9.52. The lowest BCUT2D eigenvalue weighted by atomic mass is 9.64. The van der Waals surface area contributed by atoms with E-state index < -0.39 is 6.69 Å². The van der Waals surface area contributed by atoms with E-state index in [1.54, 1.807) is 6.07 Å². The van der Waals surface area contributed by atoms with Crippen LogP contribution in [0.3, 0.4) is 0 Å². The molecule has 0 aromatic heterocycles. The molecule has 2 heterocycles. The van der Waals surface area contributed by atoms with E-state index in [1.807, 2.05) is 24.3 Å². The Bertz CT molecular complexity index is 622. The van der Waals surface area contributed by atoms with Crippen LogP contribution in [0.1, 0.15) is 5.56 Å². The molecule has 0 bridgehead atoms. The minimum absolute atomic E-state index is 0.249. The summed E-state index contributed by atoms with van der Waals surface area (Å²) < 4.78 is 24.9. The van der Waals surface area contributed by atoms with Crippen molar-refractivity contribution in [2.75, 3.05) is 5.23 Å². The van der Waals surface area contributed by atoms with Gasteiger partial charge in [-0.15, -0.1) is 5.46 Å². The fourth-order valence-electron chi connectivity index (χ4n) is 2.69. The second-order valence-electron chi connectivity index (χ2n) is 4.62. The molecular weight excluding hydrogens is 232 g/mol. The van der Waals surface area contributed by atoms with Crippen molar-refractivity contribution in [2.45, 2.75) is 6.61 Å². The molecule has 2 aliphatic heterocycles. The molecule has 1 spiro atoms. The molecule has 0 saturated heterocycles. The summed E-state index contributed by atoms with van der Waals surface area (Å²) in [4.78, 5) is 0. The highest BCUT2D eigenvalue weighted by Crippen LogP contribution is 2.37. The van der Waals surface area contributed by atoms with Crippen molar-refractivity contribution in [3.05, 3.63) is 53.8 Å². The van der Waals surface area contributed by atoms with Gasteiger partial charge >= 0.3 is 6.69 Å². The molecule has 4 rings (SSSR count). The number of nitrogens with one attached hydrogen (secondary N) is 1. The zero-order chi connectivity index (χ0) is 12.2. The Morgan fingerprint density at radius 2 is 2.06 bits per heavy atom. The highest BCUT2D eigenvalue weighted by atomic mass is 19.1. The van der Waals surface area contributed by atoms with Crippen molar-refractivity contribution in [2.24, 2.45) is 0 Å². The number of hydrogen-bond donors (Lipinski definition) is 1. The van der Waals surface area contributed by atoms with E-state index in [1.165, 1.54) is 12.1 Å². The average molecular weight is 242 g/mol. The fraction of sp³-hybridized carbons (Fsp3) is 0.0769. The van der Waals surface area contributed by atoms with Gasteiger partial charge in [0.25, 0.3) is 0 Å². The molecule has 3 nitrogen and oxygen atoms in total. The molecule has 90 valence electrons. The summed E-state index contributed by atoms with van der Waals surface area (Å²) in [5.41, 5.74) is 2.65. The standard InChI is InChI=1S/C13H10BFNO2/c15-10-5-6-11-9(7-10)8-17-14(11)16-12-3-1-2-4-13(12)18-14/h1-7,16H,8H2/q-1. The molecule has 2 aromatic rings. The SMILES string of the molecule is Fc1ccc2c(c1)CO[B-]21Nc2ccccc2O1. The van der Waals surface area contributed by atoms with Crippen LogP contribution in [0.25, 0.3) is 0 Å². The van der Waals surface area contributed by atoms with Gasteiger partial charge in [-0.25, -0.2) is 4.39 Å². The van der Waals surface area contributed by atoms with Crippen LogP contribution in [0.2, 0.25) is 0 Å². The van der Waals surface area contributed by atoms with Crippen molar-refractivity contribution in [1.29, 1.82) is 0 Å². The van der Waals surface area contributed by atoms with Crippen molar-refractivity contribution in [3.63, 3.8) is 0 Å². The number of para-hydroxylation sites is 2. The minimum atomic E-state index is -1.73. The highest BCUT2D eigenvalue weighted by Gasteiger charge is 2.42. The predicted molar refractivity (Wildman–Crippen MR) is 67.3 cm³/mol. The van der Waals surface area contributed by atoms with Crippen molar-refractivity contribution in [1.82, 2.24) is 0 Å². The second-order valence-corrected chi connectivity index (χ2v) is 4.62. The van der Waals surface area contributed by atoms with E-state index in [2.05, 4.69) is 5.23 Å². The summed E-state index contributed by atoms with van der Waals surface area (Å²) in [5.74, 6) is 0.524. The Balaban J connectivity index is 1.82. The summed E-state index contributed by atoms with van der Waals surface area (Å²) >= 11 is 0. The van der Waals surface area contributed by atoms with E-state index in [0.717, 1.165) is 22.5 Å². The van der Waals surface area contributed by atoms with Crippen LogP contribution >= 0.6 is 0 Å². The van der Waals surface area contributed by atoms with E-state index >= 15 is 0 Å². The fourth-order valence-corrected chi connectivity index (χ4v) is 2.69. The molecule has 1 N–H and O–H groups in total. The number of rotatable bonds is 0. The molecule has 0 radical (unpaired) electrons. The number of benzene rings is 2. The molecule has 0 amide bonds. The first kappa shape index (κ1) is 9.97. The maximum absolute atomic E-state index is 13.2. The van der Waals surface area contributed by atoms with Crippen LogP contribution in [0, 0.1) is 5.82 Å². The summed E-state index contributed by atoms with van der Waals surface area (Å²) in [6, 6.07) is 12.4. The third kappa shape index (κ3) is 1.22. The van der Waals surface area contributed by atoms with Crippen LogP contribution in [-0.2, 0) is 11.3 Å². The molecular formula is C13H10BFNO2-. The molecule has 1 unspecified atom stereocenters. The number of halogens is 1. The maximum Gasteiger partial charge on any atom is 0.429 e. The van der Waals surface area contributed by atoms with Crippen molar-refractivity contribution < 1.29 is 13.7 Å². The third-order valence-electron chi connectivity index (χ3n) is 3.51. The van der Waals surface area contributed by atoms with Gasteiger partial charge in [0.15, 0.2) is 0 Å². The Morgan fingerprint density at radius 1 is 1.17 bits per heavy atom. The summed E-state index contributed by atoms with van der Waals surface area (Å²) in [5, 5.41) is 3.28. The van der Waals surface area contributed by atoms with Gasteiger partial charge in [-0.3, -0.25) is 0 Å². The Labute approximate surface area is 104 Å². The molecule has 0 aliphatic carbocycles. The van der Waals surface area contributed by atoms with Gasteiger partial charge in [0.1, 0.15) is 5.82 Å². The topological polar surface area (TPSA) is 30.5 Å². The smallest absolute Gasteiger partial charge is 0.429 e. The van der Waals surface area contributed by atoms with Crippen molar-refractivity contribution in [3.8, 4) is 5.75 Å². The van der Waals surface area contributed by atoms with Gasteiger partial charge in [-0.05, 0) is 24.3 Å². The zero-order valence-corrected chi connectivity index (χ0v) is 9.52. The van der Waals surface area contributed by atoms with Gasteiger partial charge in [0.2, 0.25) is 0 Å². The second kappa shape index (κ2) is 3.26. The van der Waals surface area contributed by atoms with Gasteiger partial charge in [0.05, 0.1) is 5.75 Å². The van der Waals surface area contributed by atoms with E-state index in [4.69, 9.17) is 9.31 Å². The molecule has 1 atom stereocenters. The third-order valence-corrected chi connectivity index (χ3v) is 3.51.